The van der Waals surface area contributed by atoms with Crippen LogP contribution in [0.1, 0.15) is 12.6 Å². The number of aromatic nitrogens is 3. The quantitative estimate of drug-likeness (QED) is 0.796. The maximum atomic E-state index is 4.54. The van der Waals surface area contributed by atoms with Gasteiger partial charge in [0.05, 0.1) is 5.69 Å². The summed E-state index contributed by atoms with van der Waals surface area (Å²) in [5, 5.41) is 4.44. The number of hydrogen-bond donors (Lipinski definition) is 0. The Morgan fingerprint density at radius 2 is 2.00 bits per heavy atom. The molecule has 5 nitrogen and oxygen atoms in total. The lowest BCUT2D eigenvalue weighted by atomic mass is 10.3. The first-order valence-electron chi connectivity index (χ1n) is 6.56. The van der Waals surface area contributed by atoms with Crippen molar-refractivity contribution in [2.24, 2.45) is 0 Å². The van der Waals surface area contributed by atoms with Crippen molar-refractivity contribution in [1.29, 1.82) is 0 Å². The van der Waals surface area contributed by atoms with E-state index in [0.29, 0.717) is 0 Å². The van der Waals surface area contributed by atoms with E-state index in [1.807, 2.05) is 23.8 Å². The molecule has 5 heteroatoms. The first-order valence-corrected chi connectivity index (χ1v) is 6.56. The zero-order valence-corrected chi connectivity index (χ0v) is 11.0. The van der Waals surface area contributed by atoms with Gasteiger partial charge in [0.1, 0.15) is 5.52 Å². The third-order valence-electron chi connectivity index (χ3n) is 3.61. The minimum Gasteiger partial charge on any atom is -0.352 e. The van der Waals surface area contributed by atoms with Crippen LogP contribution < -0.4 is 4.90 Å². The lowest BCUT2D eigenvalue weighted by Gasteiger charge is -2.34. The fourth-order valence-electron chi connectivity index (χ4n) is 2.55. The van der Waals surface area contributed by atoms with Crippen molar-refractivity contribution < 1.29 is 0 Å². The topological polar surface area (TPSA) is 36.7 Å². The highest BCUT2D eigenvalue weighted by atomic mass is 15.3. The van der Waals surface area contributed by atoms with Gasteiger partial charge in [-0.1, -0.05) is 6.92 Å². The summed E-state index contributed by atoms with van der Waals surface area (Å²) in [4.78, 5) is 9.38. The van der Waals surface area contributed by atoms with E-state index in [2.05, 4.69) is 32.9 Å². The Labute approximate surface area is 107 Å². The second kappa shape index (κ2) is 4.57. The highest BCUT2D eigenvalue weighted by Crippen LogP contribution is 2.20. The van der Waals surface area contributed by atoms with E-state index in [9.17, 15) is 0 Å². The van der Waals surface area contributed by atoms with Gasteiger partial charge in [-0.05, 0) is 19.5 Å². The van der Waals surface area contributed by atoms with Crippen LogP contribution in [0.2, 0.25) is 0 Å². The number of anilines is 1. The molecule has 18 heavy (non-hydrogen) atoms. The lowest BCUT2D eigenvalue weighted by molar-refractivity contribution is 0.270. The summed E-state index contributed by atoms with van der Waals surface area (Å²) >= 11 is 0. The van der Waals surface area contributed by atoms with Gasteiger partial charge >= 0.3 is 0 Å². The maximum Gasteiger partial charge on any atom is 0.154 e. The van der Waals surface area contributed by atoms with Crippen molar-refractivity contribution in [3.8, 4) is 0 Å². The van der Waals surface area contributed by atoms with E-state index >= 15 is 0 Å². The van der Waals surface area contributed by atoms with E-state index in [-0.39, 0.29) is 0 Å². The Morgan fingerprint density at radius 3 is 2.72 bits per heavy atom. The van der Waals surface area contributed by atoms with Gasteiger partial charge in [0.25, 0.3) is 0 Å². The van der Waals surface area contributed by atoms with Crippen LogP contribution in [0.5, 0.6) is 0 Å². The molecule has 1 aliphatic rings. The molecule has 96 valence electrons. The van der Waals surface area contributed by atoms with Crippen molar-refractivity contribution >= 4 is 11.3 Å². The molecular weight excluding hydrogens is 226 g/mol. The predicted octanol–water partition coefficient (Wildman–Crippen LogP) is 1.18. The zero-order chi connectivity index (χ0) is 12.5. The molecule has 0 atom stereocenters. The van der Waals surface area contributed by atoms with E-state index in [0.717, 1.165) is 49.8 Å². The third-order valence-corrected chi connectivity index (χ3v) is 3.61. The number of nitrogens with zero attached hydrogens (tertiary/aromatic N) is 5. The first-order chi connectivity index (χ1) is 8.78. The van der Waals surface area contributed by atoms with E-state index in [1.54, 1.807) is 0 Å². The molecule has 0 aromatic carbocycles. The Kier molecular flexibility index (Phi) is 2.91. The minimum atomic E-state index is 1.04. The van der Waals surface area contributed by atoms with Crippen LogP contribution in [0.4, 0.5) is 5.82 Å². The molecule has 2 aromatic heterocycles. The van der Waals surface area contributed by atoms with Crippen LogP contribution in [0.25, 0.3) is 5.52 Å². The summed E-state index contributed by atoms with van der Waals surface area (Å²) in [6.45, 7) is 9.70. The lowest BCUT2D eigenvalue weighted by Crippen LogP contribution is -2.46. The first kappa shape index (κ1) is 11.5. The van der Waals surface area contributed by atoms with Crippen LogP contribution in [0.15, 0.2) is 18.5 Å². The number of likely N-dealkylation sites (N-methyl/N-ethyl adjacent to an activating group) is 1. The van der Waals surface area contributed by atoms with Crippen molar-refractivity contribution in [3.63, 3.8) is 0 Å². The van der Waals surface area contributed by atoms with E-state index in [1.165, 1.54) is 0 Å². The van der Waals surface area contributed by atoms with Gasteiger partial charge in [-0.15, -0.1) is 0 Å². The Balaban J connectivity index is 1.90. The fraction of sp³-hybridized carbons (Fsp3) is 0.538. The van der Waals surface area contributed by atoms with Crippen LogP contribution in [-0.2, 0) is 0 Å². The van der Waals surface area contributed by atoms with E-state index in [4.69, 9.17) is 0 Å². The van der Waals surface area contributed by atoms with Crippen LogP contribution in [-0.4, -0.2) is 52.2 Å². The van der Waals surface area contributed by atoms with Crippen LogP contribution in [0, 0.1) is 6.92 Å². The second-order valence-electron chi connectivity index (χ2n) is 4.79. The number of fused-ring (bicyclic) bond motifs is 1. The fourth-order valence-corrected chi connectivity index (χ4v) is 2.55. The molecule has 0 bridgehead atoms. The molecule has 0 unspecified atom stereocenters. The standard InChI is InChI=1S/C13H19N5/c1-3-16-6-8-17(9-7-16)13-12-10-11(2)15-18(12)5-4-14-13/h4-5,10H,3,6-9H2,1-2H3. The van der Waals surface area contributed by atoms with Crippen LogP contribution >= 0.6 is 0 Å². The normalized spacial score (nSPS) is 17.6. The monoisotopic (exact) mass is 245 g/mol. The zero-order valence-electron chi connectivity index (χ0n) is 11.0. The molecule has 1 saturated heterocycles. The highest BCUT2D eigenvalue weighted by molar-refractivity contribution is 5.69. The summed E-state index contributed by atoms with van der Waals surface area (Å²) in [5.74, 6) is 1.06. The molecule has 0 aliphatic carbocycles. The molecule has 3 rings (SSSR count). The van der Waals surface area contributed by atoms with Gasteiger partial charge in [-0.25, -0.2) is 9.50 Å². The minimum absolute atomic E-state index is 1.04. The average molecular weight is 245 g/mol. The summed E-state index contributed by atoms with van der Waals surface area (Å²) in [7, 11) is 0. The summed E-state index contributed by atoms with van der Waals surface area (Å²) in [6, 6.07) is 2.11. The molecule has 0 radical (unpaired) electrons. The number of piperazine rings is 1. The van der Waals surface area contributed by atoms with Crippen LogP contribution in [0.3, 0.4) is 0 Å². The van der Waals surface area contributed by atoms with Gasteiger partial charge in [0, 0.05) is 38.6 Å². The number of hydrogen-bond acceptors (Lipinski definition) is 4. The Morgan fingerprint density at radius 1 is 1.22 bits per heavy atom. The predicted molar refractivity (Wildman–Crippen MR) is 72.1 cm³/mol. The molecule has 0 amide bonds. The van der Waals surface area contributed by atoms with Gasteiger partial charge in [-0.3, -0.25) is 0 Å². The molecule has 0 saturated carbocycles. The number of rotatable bonds is 2. The van der Waals surface area contributed by atoms with Crippen molar-refractivity contribution in [1.82, 2.24) is 19.5 Å². The Hall–Kier alpha value is -1.62. The molecule has 0 N–H and O–H groups in total. The van der Waals surface area contributed by atoms with Crippen molar-refractivity contribution in [2.45, 2.75) is 13.8 Å². The maximum absolute atomic E-state index is 4.54. The summed E-state index contributed by atoms with van der Waals surface area (Å²) in [6.07, 6.45) is 3.75. The Bertz CT molecular complexity index is 539. The van der Waals surface area contributed by atoms with Crippen molar-refractivity contribution in [3.05, 3.63) is 24.2 Å². The molecule has 3 heterocycles. The molecule has 1 aliphatic heterocycles. The van der Waals surface area contributed by atoms with Gasteiger partial charge in [0.2, 0.25) is 0 Å². The average Bonchev–Trinajstić information content (AvgIpc) is 2.79. The van der Waals surface area contributed by atoms with Gasteiger partial charge in [0.15, 0.2) is 5.82 Å². The summed E-state index contributed by atoms with van der Waals surface area (Å²) < 4.78 is 1.92. The highest BCUT2D eigenvalue weighted by Gasteiger charge is 2.19. The van der Waals surface area contributed by atoms with Gasteiger partial charge < -0.3 is 9.80 Å². The van der Waals surface area contributed by atoms with Gasteiger partial charge in [-0.2, -0.15) is 5.10 Å². The number of aryl methyl sites for hydroxylation is 1. The second-order valence-corrected chi connectivity index (χ2v) is 4.79. The molecular formula is C13H19N5. The SMILES string of the molecule is CCN1CCN(c2nccn3nc(C)cc23)CC1. The smallest absolute Gasteiger partial charge is 0.154 e. The third kappa shape index (κ3) is 1.95. The molecule has 2 aromatic rings. The molecule has 1 fully saturated rings. The molecule has 0 spiro atoms. The largest absolute Gasteiger partial charge is 0.352 e. The van der Waals surface area contributed by atoms with E-state index < -0.39 is 0 Å². The van der Waals surface area contributed by atoms with Crippen molar-refractivity contribution in [2.75, 3.05) is 37.6 Å². The summed E-state index contributed by atoms with van der Waals surface area (Å²) in [5.41, 5.74) is 2.15.